The molecule has 1 fully saturated rings. The maximum Gasteiger partial charge on any atom is 0.251 e. The van der Waals surface area contributed by atoms with Crippen molar-refractivity contribution in [3.63, 3.8) is 0 Å². The van der Waals surface area contributed by atoms with Gasteiger partial charge >= 0.3 is 0 Å². The number of nitrogens with one attached hydrogen (secondary N) is 3. The van der Waals surface area contributed by atoms with Crippen molar-refractivity contribution < 1.29 is 9.90 Å². The van der Waals surface area contributed by atoms with Gasteiger partial charge in [0.25, 0.3) is 5.91 Å². The van der Waals surface area contributed by atoms with Crippen molar-refractivity contribution in [1.29, 1.82) is 0 Å². The Kier molecular flexibility index (Phi) is 8.61. The third-order valence-corrected chi connectivity index (χ3v) is 5.50. The normalized spacial score (nSPS) is 20.0. The van der Waals surface area contributed by atoms with E-state index < -0.39 is 0 Å². The van der Waals surface area contributed by atoms with Gasteiger partial charge in [-0.3, -0.25) is 9.79 Å². The van der Waals surface area contributed by atoms with Crippen molar-refractivity contribution in [2.75, 3.05) is 25.4 Å². The zero-order valence-corrected chi connectivity index (χ0v) is 16.4. The number of amides is 1. The van der Waals surface area contributed by atoms with E-state index >= 15 is 0 Å². The van der Waals surface area contributed by atoms with Crippen molar-refractivity contribution in [3.8, 4) is 5.75 Å². The average Bonchev–Trinajstić information content (AvgIpc) is 3.06. The molecule has 1 aliphatic rings. The average molecular weight is 379 g/mol. The van der Waals surface area contributed by atoms with Crippen LogP contribution in [-0.4, -0.2) is 53.7 Å². The zero-order valence-electron chi connectivity index (χ0n) is 15.6. The number of aromatic hydroxyl groups is 1. The fraction of sp³-hybridized carbons (Fsp3) is 0.579. The summed E-state index contributed by atoms with van der Waals surface area (Å²) in [7, 11) is 0. The van der Waals surface area contributed by atoms with E-state index in [1.807, 2.05) is 18.7 Å². The minimum atomic E-state index is -0.159. The summed E-state index contributed by atoms with van der Waals surface area (Å²) < 4.78 is 0. The second-order valence-corrected chi connectivity index (χ2v) is 7.87. The first kappa shape index (κ1) is 20.4. The van der Waals surface area contributed by atoms with Crippen LogP contribution in [0.25, 0.3) is 0 Å². The molecule has 1 amide bonds. The molecule has 0 aliphatic heterocycles. The van der Waals surface area contributed by atoms with Crippen molar-refractivity contribution >= 4 is 23.6 Å². The summed E-state index contributed by atoms with van der Waals surface area (Å²) in [6.07, 6.45) is 3.62. The lowest BCUT2D eigenvalue weighted by Crippen LogP contribution is -2.43. The highest BCUT2D eigenvalue weighted by molar-refractivity contribution is 7.99. The Morgan fingerprint density at radius 1 is 1.23 bits per heavy atom. The van der Waals surface area contributed by atoms with Crippen molar-refractivity contribution in [2.24, 2.45) is 4.99 Å². The molecular formula is C19H30N4O2S. The summed E-state index contributed by atoms with van der Waals surface area (Å²) in [5.41, 5.74) is 0.530. The van der Waals surface area contributed by atoms with Crippen LogP contribution >= 0.6 is 11.8 Å². The van der Waals surface area contributed by atoms with Gasteiger partial charge in [-0.05, 0) is 56.2 Å². The lowest BCUT2D eigenvalue weighted by molar-refractivity contribution is 0.0955. The first-order chi connectivity index (χ1) is 12.6. The molecule has 0 heterocycles. The molecule has 2 atom stereocenters. The molecule has 2 unspecified atom stereocenters. The van der Waals surface area contributed by atoms with Gasteiger partial charge in [-0.25, -0.2) is 0 Å². The Hall–Kier alpha value is -1.89. The van der Waals surface area contributed by atoms with Crippen LogP contribution < -0.4 is 16.0 Å². The Bertz CT molecular complexity index is 592. The van der Waals surface area contributed by atoms with Crippen LogP contribution in [-0.2, 0) is 0 Å². The van der Waals surface area contributed by atoms with Crippen molar-refractivity contribution in [3.05, 3.63) is 29.8 Å². The largest absolute Gasteiger partial charge is 0.508 e. The third-order valence-electron chi connectivity index (χ3n) is 4.27. The van der Waals surface area contributed by atoms with Gasteiger partial charge in [0.15, 0.2) is 5.96 Å². The summed E-state index contributed by atoms with van der Waals surface area (Å²) in [5.74, 6) is 1.98. The van der Waals surface area contributed by atoms with Gasteiger partial charge in [0.2, 0.25) is 0 Å². The Morgan fingerprint density at radius 3 is 2.69 bits per heavy atom. The number of guanidine groups is 1. The van der Waals surface area contributed by atoms with Crippen LogP contribution in [0.3, 0.4) is 0 Å². The highest BCUT2D eigenvalue weighted by Crippen LogP contribution is 2.29. The molecule has 7 heteroatoms. The lowest BCUT2D eigenvalue weighted by atomic mass is 10.2. The van der Waals surface area contributed by atoms with Crippen LogP contribution in [0.4, 0.5) is 0 Å². The molecule has 0 bridgehead atoms. The Balaban J connectivity index is 1.76. The third kappa shape index (κ3) is 6.78. The molecule has 1 aliphatic carbocycles. The number of carbonyl (C=O) groups excluding carboxylic acids is 1. The predicted molar refractivity (Wildman–Crippen MR) is 109 cm³/mol. The maximum atomic E-state index is 12.0. The smallest absolute Gasteiger partial charge is 0.251 e. The van der Waals surface area contributed by atoms with Gasteiger partial charge in [-0.2, -0.15) is 11.8 Å². The summed E-state index contributed by atoms with van der Waals surface area (Å²) in [6, 6.07) is 6.69. The monoisotopic (exact) mass is 378 g/mol. The summed E-state index contributed by atoms with van der Waals surface area (Å²) in [4.78, 5) is 16.6. The van der Waals surface area contributed by atoms with E-state index in [-0.39, 0.29) is 11.7 Å². The van der Waals surface area contributed by atoms with Crippen LogP contribution in [0, 0.1) is 0 Å². The van der Waals surface area contributed by atoms with Gasteiger partial charge in [-0.15, -0.1) is 0 Å². The molecule has 2 rings (SSSR count). The number of benzene rings is 1. The fourth-order valence-corrected chi connectivity index (χ4v) is 4.17. The highest BCUT2D eigenvalue weighted by atomic mass is 32.2. The van der Waals surface area contributed by atoms with E-state index in [4.69, 9.17) is 0 Å². The molecule has 6 nitrogen and oxygen atoms in total. The number of carbonyl (C=O) groups is 1. The van der Waals surface area contributed by atoms with E-state index in [0.29, 0.717) is 24.7 Å². The molecule has 1 aromatic rings. The molecule has 0 spiro atoms. The number of hydrogen-bond donors (Lipinski definition) is 4. The number of nitrogens with zero attached hydrogens (tertiary/aromatic N) is 1. The van der Waals surface area contributed by atoms with Crippen molar-refractivity contribution in [2.45, 2.75) is 44.4 Å². The zero-order chi connectivity index (χ0) is 18.8. The van der Waals surface area contributed by atoms with Gasteiger partial charge in [0.1, 0.15) is 5.75 Å². The van der Waals surface area contributed by atoms with Crippen LogP contribution in [0.15, 0.2) is 29.3 Å². The molecule has 26 heavy (non-hydrogen) atoms. The van der Waals surface area contributed by atoms with Gasteiger partial charge in [0.05, 0.1) is 6.54 Å². The lowest BCUT2D eigenvalue weighted by Gasteiger charge is -2.17. The molecule has 1 saturated carbocycles. The van der Waals surface area contributed by atoms with Crippen LogP contribution in [0.5, 0.6) is 5.75 Å². The molecule has 0 aromatic heterocycles. The number of phenolic OH excluding ortho intramolecular Hbond substituents is 1. The molecule has 4 N–H and O–H groups in total. The highest BCUT2D eigenvalue weighted by Gasteiger charge is 2.25. The van der Waals surface area contributed by atoms with Gasteiger partial charge < -0.3 is 21.1 Å². The van der Waals surface area contributed by atoms with Crippen molar-refractivity contribution in [1.82, 2.24) is 16.0 Å². The minimum absolute atomic E-state index is 0.152. The van der Waals surface area contributed by atoms with E-state index in [0.717, 1.165) is 17.8 Å². The SMILES string of the molecule is CCNC(=NCCNC(=O)c1ccc(O)cc1)NC1CCC(SCC)C1. The van der Waals surface area contributed by atoms with Crippen LogP contribution in [0.2, 0.25) is 0 Å². The standard InChI is InChI=1S/C19H30N4O2S/c1-3-20-19(23-15-7-10-17(13-15)26-4-2)22-12-11-21-18(25)14-5-8-16(24)9-6-14/h5-6,8-9,15,17,24H,3-4,7,10-13H2,1-2H3,(H,21,25)(H2,20,22,23). The van der Waals surface area contributed by atoms with E-state index in [1.165, 1.54) is 37.1 Å². The first-order valence-electron chi connectivity index (χ1n) is 9.36. The van der Waals surface area contributed by atoms with Gasteiger partial charge in [0, 0.05) is 29.9 Å². The number of thioether (sulfide) groups is 1. The fourth-order valence-electron chi connectivity index (χ4n) is 3.02. The molecule has 0 radical (unpaired) electrons. The number of aliphatic imine (C=N–C) groups is 1. The molecular weight excluding hydrogens is 348 g/mol. The molecule has 0 saturated heterocycles. The first-order valence-corrected chi connectivity index (χ1v) is 10.4. The summed E-state index contributed by atoms with van der Waals surface area (Å²) >= 11 is 2.04. The predicted octanol–water partition coefficient (Wildman–Crippen LogP) is 2.35. The van der Waals surface area contributed by atoms with E-state index in [1.54, 1.807) is 12.1 Å². The van der Waals surface area contributed by atoms with E-state index in [9.17, 15) is 9.90 Å². The molecule has 144 valence electrons. The van der Waals surface area contributed by atoms with Gasteiger partial charge in [-0.1, -0.05) is 6.92 Å². The Morgan fingerprint density at radius 2 is 2.00 bits per heavy atom. The minimum Gasteiger partial charge on any atom is -0.508 e. The number of rotatable bonds is 8. The second kappa shape index (κ2) is 11.0. The number of phenols is 1. The maximum absolute atomic E-state index is 12.0. The number of hydrogen-bond acceptors (Lipinski definition) is 4. The Labute approximate surface area is 160 Å². The molecule has 1 aromatic carbocycles. The second-order valence-electron chi connectivity index (χ2n) is 6.30. The summed E-state index contributed by atoms with van der Waals surface area (Å²) in [5, 5.41) is 19.7. The van der Waals surface area contributed by atoms with Crippen LogP contribution in [0.1, 0.15) is 43.5 Å². The topological polar surface area (TPSA) is 85.8 Å². The quantitative estimate of drug-likeness (QED) is 0.317. The van der Waals surface area contributed by atoms with E-state index in [2.05, 4.69) is 27.9 Å². The summed E-state index contributed by atoms with van der Waals surface area (Å²) in [6.45, 7) is 6.05.